The molecule has 0 amide bonds. The van der Waals surface area contributed by atoms with Gasteiger partial charge >= 0.3 is 0 Å². The second-order valence-corrected chi connectivity index (χ2v) is 6.40. The normalized spacial score (nSPS) is 13.2. The summed E-state index contributed by atoms with van der Waals surface area (Å²) in [6.07, 6.45) is 0. The number of hydrogen-bond acceptors (Lipinski definition) is 4. The van der Waals surface area contributed by atoms with E-state index in [-0.39, 0.29) is 17.0 Å². The number of benzene rings is 3. The van der Waals surface area contributed by atoms with Gasteiger partial charge in [-0.1, -0.05) is 42.5 Å². The number of rotatable bonds is 5. The molecule has 0 saturated carbocycles. The minimum Gasteiger partial charge on any atom is -0.457 e. The SMILES string of the molecule is Br.CCN1CCN=C1NCc1cccc(Oc2ccc3ccccc3c2)c1. The summed E-state index contributed by atoms with van der Waals surface area (Å²) in [5.41, 5.74) is 1.17. The summed E-state index contributed by atoms with van der Waals surface area (Å²) in [7, 11) is 0. The molecule has 0 saturated heterocycles. The molecule has 1 heterocycles. The second-order valence-electron chi connectivity index (χ2n) is 6.40. The molecule has 1 aliphatic heterocycles. The van der Waals surface area contributed by atoms with Crippen molar-refractivity contribution in [2.75, 3.05) is 19.6 Å². The van der Waals surface area contributed by atoms with Crippen LogP contribution < -0.4 is 10.1 Å². The van der Waals surface area contributed by atoms with Crippen LogP contribution in [0.1, 0.15) is 12.5 Å². The highest BCUT2D eigenvalue weighted by atomic mass is 79.9. The first-order valence-corrected chi connectivity index (χ1v) is 9.11. The molecule has 0 aliphatic carbocycles. The molecule has 5 heteroatoms. The molecule has 3 aromatic rings. The lowest BCUT2D eigenvalue weighted by molar-refractivity contribution is 0.465. The van der Waals surface area contributed by atoms with Crippen molar-refractivity contribution in [3.63, 3.8) is 0 Å². The Labute approximate surface area is 170 Å². The third-order valence-electron chi connectivity index (χ3n) is 4.62. The van der Waals surface area contributed by atoms with Gasteiger partial charge in [0.1, 0.15) is 11.5 Å². The highest BCUT2D eigenvalue weighted by Gasteiger charge is 2.14. The largest absolute Gasteiger partial charge is 0.457 e. The van der Waals surface area contributed by atoms with E-state index in [9.17, 15) is 0 Å². The van der Waals surface area contributed by atoms with Crippen molar-refractivity contribution >= 4 is 33.7 Å². The van der Waals surface area contributed by atoms with E-state index in [0.717, 1.165) is 43.6 Å². The van der Waals surface area contributed by atoms with E-state index in [1.807, 2.05) is 30.3 Å². The molecular formula is C22H24BrN3O. The van der Waals surface area contributed by atoms with Gasteiger partial charge in [-0.15, -0.1) is 17.0 Å². The number of hydrogen-bond donors (Lipinski definition) is 1. The van der Waals surface area contributed by atoms with Crippen LogP contribution in [-0.4, -0.2) is 30.5 Å². The number of aliphatic imine (C=N–C) groups is 1. The number of nitrogens with one attached hydrogen (secondary N) is 1. The summed E-state index contributed by atoms with van der Waals surface area (Å²) in [6.45, 7) is 5.76. The Kier molecular flexibility index (Phi) is 6.35. The Morgan fingerprint density at radius 2 is 1.78 bits per heavy atom. The summed E-state index contributed by atoms with van der Waals surface area (Å²) in [4.78, 5) is 6.78. The van der Waals surface area contributed by atoms with Gasteiger partial charge < -0.3 is 15.0 Å². The second kappa shape index (κ2) is 8.91. The van der Waals surface area contributed by atoms with Crippen LogP contribution in [0.15, 0.2) is 71.7 Å². The molecule has 0 spiro atoms. The van der Waals surface area contributed by atoms with Crippen LogP contribution in [0.5, 0.6) is 11.5 Å². The minimum atomic E-state index is 0. The summed E-state index contributed by atoms with van der Waals surface area (Å²) in [5, 5.41) is 5.83. The maximum absolute atomic E-state index is 6.07. The Balaban J connectivity index is 0.00000210. The van der Waals surface area contributed by atoms with Crippen molar-refractivity contribution in [2.24, 2.45) is 4.99 Å². The molecule has 1 aliphatic rings. The Morgan fingerprint density at radius 3 is 2.63 bits per heavy atom. The minimum absolute atomic E-state index is 0. The molecule has 1 N–H and O–H groups in total. The molecule has 0 atom stereocenters. The molecule has 0 fully saturated rings. The first kappa shape index (κ1) is 19.2. The molecule has 4 nitrogen and oxygen atoms in total. The number of halogens is 1. The van der Waals surface area contributed by atoms with E-state index in [2.05, 4.69) is 58.5 Å². The first-order valence-electron chi connectivity index (χ1n) is 9.11. The van der Waals surface area contributed by atoms with Gasteiger partial charge in [-0.25, -0.2) is 0 Å². The van der Waals surface area contributed by atoms with E-state index in [4.69, 9.17) is 4.74 Å². The van der Waals surface area contributed by atoms with Crippen LogP contribution in [0.2, 0.25) is 0 Å². The Bertz CT molecular complexity index is 941. The maximum Gasteiger partial charge on any atom is 0.194 e. The standard InChI is InChI=1S/C22H23N3O.BrH/c1-2-25-13-12-23-22(25)24-16-17-6-5-9-20(14-17)26-21-11-10-18-7-3-4-8-19(18)15-21;/h3-11,14-15H,2,12-13,16H2,1H3,(H,23,24);1H. The van der Waals surface area contributed by atoms with Crippen molar-refractivity contribution in [1.82, 2.24) is 10.2 Å². The van der Waals surface area contributed by atoms with Crippen LogP contribution >= 0.6 is 17.0 Å². The van der Waals surface area contributed by atoms with Crippen LogP contribution in [-0.2, 0) is 6.54 Å². The van der Waals surface area contributed by atoms with Crippen LogP contribution in [0.3, 0.4) is 0 Å². The highest BCUT2D eigenvalue weighted by Crippen LogP contribution is 2.26. The van der Waals surface area contributed by atoms with Crippen molar-refractivity contribution in [3.8, 4) is 11.5 Å². The van der Waals surface area contributed by atoms with E-state index in [1.165, 1.54) is 16.3 Å². The Hall–Kier alpha value is -2.53. The molecule has 0 bridgehead atoms. The van der Waals surface area contributed by atoms with E-state index in [0.29, 0.717) is 0 Å². The molecule has 0 radical (unpaired) electrons. The summed E-state index contributed by atoms with van der Waals surface area (Å²) in [6, 6.07) is 22.7. The fraction of sp³-hybridized carbons (Fsp3) is 0.227. The lowest BCUT2D eigenvalue weighted by Crippen LogP contribution is -2.37. The predicted molar refractivity (Wildman–Crippen MR) is 117 cm³/mol. The predicted octanol–water partition coefficient (Wildman–Crippen LogP) is 4.99. The van der Waals surface area contributed by atoms with Gasteiger partial charge in [0.2, 0.25) is 0 Å². The zero-order valence-electron chi connectivity index (χ0n) is 15.4. The highest BCUT2D eigenvalue weighted by molar-refractivity contribution is 8.93. The van der Waals surface area contributed by atoms with Gasteiger partial charge in [-0.2, -0.15) is 0 Å². The topological polar surface area (TPSA) is 36.9 Å². The number of ether oxygens (including phenoxy) is 1. The summed E-state index contributed by atoms with van der Waals surface area (Å²) < 4.78 is 6.07. The number of nitrogens with zero attached hydrogens (tertiary/aromatic N) is 2. The summed E-state index contributed by atoms with van der Waals surface area (Å²) >= 11 is 0. The molecule has 27 heavy (non-hydrogen) atoms. The summed E-state index contributed by atoms with van der Waals surface area (Å²) in [5.74, 6) is 2.69. The van der Waals surface area contributed by atoms with Crippen LogP contribution in [0.4, 0.5) is 0 Å². The molecule has 0 unspecified atom stereocenters. The molecular weight excluding hydrogens is 402 g/mol. The van der Waals surface area contributed by atoms with Crippen molar-refractivity contribution in [3.05, 3.63) is 72.3 Å². The number of fused-ring (bicyclic) bond motifs is 1. The number of likely N-dealkylation sites (N-methyl/N-ethyl adjacent to an activating group) is 1. The van der Waals surface area contributed by atoms with Crippen molar-refractivity contribution in [1.29, 1.82) is 0 Å². The lowest BCUT2D eigenvalue weighted by atomic mass is 10.1. The zero-order chi connectivity index (χ0) is 17.8. The fourth-order valence-corrected chi connectivity index (χ4v) is 3.23. The van der Waals surface area contributed by atoms with Crippen LogP contribution in [0.25, 0.3) is 10.8 Å². The fourth-order valence-electron chi connectivity index (χ4n) is 3.23. The van der Waals surface area contributed by atoms with E-state index in [1.54, 1.807) is 0 Å². The van der Waals surface area contributed by atoms with Gasteiger partial charge in [0, 0.05) is 19.6 Å². The molecule has 140 valence electrons. The van der Waals surface area contributed by atoms with Gasteiger partial charge in [-0.05, 0) is 47.5 Å². The lowest BCUT2D eigenvalue weighted by Gasteiger charge is -2.19. The van der Waals surface area contributed by atoms with Crippen molar-refractivity contribution in [2.45, 2.75) is 13.5 Å². The molecule has 4 rings (SSSR count). The number of guanidine groups is 1. The smallest absolute Gasteiger partial charge is 0.194 e. The van der Waals surface area contributed by atoms with E-state index < -0.39 is 0 Å². The van der Waals surface area contributed by atoms with Crippen molar-refractivity contribution < 1.29 is 4.74 Å². The molecule has 3 aromatic carbocycles. The Morgan fingerprint density at radius 1 is 0.963 bits per heavy atom. The van der Waals surface area contributed by atoms with E-state index >= 15 is 0 Å². The maximum atomic E-state index is 6.07. The first-order chi connectivity index (χ1) is 12.8. The third kappa shape index (κ3) is 4.61. The quantitative estimate of drug-likeness (QED) is 0.625. The van der Waals surface area contributed by atoms with Gasteiger partial charge in [0.25, 0.3) is 0 Å². The van der Waals surface area contributed by atoms with Gasteiger partial charge in [0.15, 0.2) is 5.96 Å². The monoisotopic (exact) mass is 425 g/mol. The third-order valence-corrected chi connectivity index (χ3v) is 4.62. The average molecular weight is 426 g/mol. The molecule has 0 aromatic heterocycles. The zero-order valence-corrected chi connectivity index (χ0v) is 17.1. The van der Waals surface area contributed by atoms with Crippen LogP contribution in [0, 0.1) is 0 Å². The van der Waals surface area contributed by atoms with Gasteiger partial charge in [0.05, 0.1) is 6.54 Å². The van der Waals surface area contributed by atoms with Gasteiger partial charge in [-0.3, -0.25) is 4.99 Å². The average Bonchev–Trinajstić information content (AvgIpc) is 3.14.